The number of nitrogens with zero attached hydrogens (tertiary/aromatic N) is 1. The molecule has 1 N–H and O–H groups in total. The molecule has 0 saturated heterocycles. The molecule has 0 heterocycles. The minimum atomic E-state index is -0.820. The maximum atomic E-state index is 14.0. The standard InChI is InChI=1S/C34H36N2O5/c1-39-29-17-14-25(15-18-29)20-21-35-34(38)33(28-12-8-5-9-13-28)36(24-26-10-6-4-7-11-26)32(37)23-27-16-19-30(40-2)31(22-27)41-3/h4-19,22,33H,20-21,23-24H2,1-3H3,(H,35,38)/t33-/m0/s1. The molecule has 7 heteroatoms. The smallest absolute Gasteiger partial charge is 0.247 e. The van der Waals surface area contributed by atoms with Gasteiger partial charge < -0.3 is 24.4 Å². The molecule has 212 valence electrons. The van der Waals surface area contributed by atoms with E-state index in [0.29, 0.717) is 24.5 Å². The average Bonchev–Trinajstić information content (AvgIpc) is 3.02. The minimum absolute atomic E-state index is 0.0929. The fraction of sp³-hybridized carbons (Fsp3) is 0.235. The van der Waals surface area contributed by atoms with Crippen molar-refractivity contribution in [3.63, 3.8) is 0 Å². The van der Waals surface area contributed by atoms with Gasteiger partial charge in [0.25, 0.3) is 0 Å². The van der Waals surface area contributed by atoms with Gasteiger partial charge in [-0.2, -0.15) is 0 Å². The fourth-order valence-corrected chi connectivity index (χ4v) is 4.70. The maximum Gasteiger partial charge on any atom is 0.247 e. The van der Waals surface area contributed by atoms with Crippen LogP contribution in [0.5, 0.6) is 17.2 Å². The number of nitrogens with one attached hydrogen (secondary N) is 1. The van der Waals surface area contributed by atoms with Gasteiger partial charge in [0, 0.05) is 13.1 Å². The van der Waals surface area contributed by atoms with Crippen LogP contribution in [0.4, 0.5) is 0 Å². The summed E-state index contributed by atoms with van der Waals surface area (Å²) in [6.07, 6.45) is 0.741. The van der Waals surface area contributed by atoms with Gasteiger partial charge in [-0.1, -0.05) is 78.9 Å². The zero-order valence-electron chi connectivity index (χ0n) is 23.7. The third-order valence-corrected chi connectivity index (χ3v) is 6.87. The second kappa shape index (κ2) is 14.6. The predicted molar refractivity (Wildman–Crippen MR) is 159 cm³/mol. The number of benzene rings is 4. The highest BCUT2D eigenvalue weighted by Gasteiger charge is 2.31. The third-order valence-electron chi connectivity index (χ3n) is 6.87. The van der Waals surface area contributed by atoms with Crippen molar-refractivity contribution in [3.05, 3.63) is 125 Å². The Bertz CT molecular complexity index is 1410. The molecule has 41 heavy (non-hydrogen) atoms. The Labute approximate surface area is 241 Å². The van der Waals surface area contributed by atoms with E-state index in [1.54, 1.807) is 38.4 Å². The molecule has 4 aromatic carbocycles. The normalized spacial score (nSPS) is 11.3. The molecule has 0 radical (unpaired) electrons. The van der Waals surface area contributed by atoms with E-state index >= 15 is 0 Å². The van der Waals surface area contributed by atoms with Crippen LogP contribution in [0.15, 0.2) is 103 Å². The first kappa shape index (κ1) is 29.2. The molecule has 0 fully saturated rings. The van der Waals surface area contributed by atoms with Crippen LogP contribution >= 0.6 is 0 Å². The first-order chi connectivity index (χ1) is 20.0. The Hall–Kier alpha value is -4.78. The van der Waals surface area contributed by atoms with Gasteiger partial charge in [0.2, 0.25) is 11.8 Å². The van der Waals surface area contributed by atoms with Crippen LogP contribution in [0.3, 0.4) is 0 Å². The summed E-state index contributed by atoms with van der Waals surface area (Å²) in [6, 6.07) is 31.5. The number of hydrogen-bond acceptors (Lipinski definition) is 5. The molecular formula is C34H36N2O5. The predicted octanol–water partition coefficient (Wildman–Crippen LogP) is 5.38. The van der Waals surface area contributed by atoms with Crippen LogP contribution in [0, 0.1) is 0 Å². The lowest BCUT2D eigenvalue weighted by atomic mass is 10.0. The van der Waals surface area contributed by atoms with Gasteiger partial charge in [0.1, 0.15) is 11.8 Å². The molecule has 1 atom stereocenters. The number of hydrogen-bond donors (Lipinski definition) is 1. The second-order valence-corrected chi connectivity index (χ2v) is 9.58. The van der Waals surface area contributed by atoms with Gasteiger partial charge in [-0.25, -0.2) is 0 Å². The summed E-state index contributed by atoms with van der Waals surface area (Å²) >= 11 is 0. The quantitative estimate of drug-likeness (QED) is 0.241. The second-order valence-electron chi connectivity index (χ2n) is 9.58. The van der Waals surface area contributed by atoms with Crippen molar-refractivity contribution in [2.75, 3.05) is 27.9 Å². The number of amides is 2. The molecule has 0 spiro atoms. The Morgan fingerprint density at radius 2 is 1.34 bits per heavy atom. The molecule has 0 aromatic heterocycles. The van der Waals surface area contributed by atoms with E-state index in [0.717, 1.165) is 28.0 Å². The number of carbonyl (C=O) groups excluding carboxylic acids is 2. The fourth-order valence-electron chi connectivity index (χ4n) is 4.70. The van der Waals surface area contributed by atoms with E-state index in [1.807, 2.05) is 91.0 Å². The summed E-state index contributed by atoms with van der Waals surface area (Å²) in [5.74, 6) is 1.50. The molecule has 0 aliphatic heterocycles. The molecule has 0 bridgehead atoms. The molecule has 2 amide bonds. The van der Waals surface area contributed by atoms with Gasteiger partial charge in [-0.05, 0) is 52.9 Å². The summed E-state index contributed by atoms with van der Waals surface area (Å²) in [7, 11) is 4.77. The van der Waals surface area contributed by atoms with E-state index in [9.17, 15) is 9.59 Å². The van der Waals surface area contributed by atoms with Gasteiger partial charge >= 0.3 is 0 Å². The highest BCUT2D eigenvalue weighted by molar-refractivity contribution is 5.89. The summed E-state index contributed by atoms with van der Waals surface area (Å²) in [4.78, 5) is 29.5. The van der Waals surface area contributed by atoms with Crippen LogP contribution in [0.1, 0.15) is 28.3 Å². The molecule has 7 nitrogen and oxygen atoms in total. The van der Waals surface area contributed by atoms with Crippen molar-refractivity contribution >= 4 is 11.8 Å². The Morgan fingerprint density at radius 1 is 0.707 bits per heavy atom. The summed E-state index contributed by atoms with van der Waals surface area (Å²) in [5.41, 5.74) is 3.51. The van der Waals surface area contributed by atoms with Gasteiger partial charge in [-0.3, -0.25) is 9.59 Å². The Kier molecular flexibility index (Phi) is 10.4. The highest BCUT2D eigenvalue weighted by atomic mass is 16.5. The minimum Gasteiger partial charge on any atom is -0.497 e. The number of carbonyl (C=O) groups is 2. The van der Waals surface area contributed by atoms with Crippen molar-refractivity contribution in [3.8, 4) is 17.2 Å². The van der Waals surface area contributed by atoms with Crippen LogP contribution in [0.25, 0.3) is 0 Å². The Morgan fingerprint density at radius 3 is 1.98 bits per heavy atom. The first-order valence-corrected chi connectivity index (χ1v) is 13.5. The largest absolute Gasteiger partial charge is 0.497 e. The average molecular weight is 553 g/mol. The maximum absolute atomic E-state index is 14.0. The topological polar surface area (TPSA) is 77.1 Å². The van der Waals surface area contributed by atoms with Crippen LogP contribution in [0.2, 0.25) is 0 Å². The van der Waals surface area contributed by atoms with Gasteiger partial charge in [0.05, 0.1) is 27.8 Å². The molecule has 0 saturated carbocycles. The van der Waals surface area contributed by atoms with E-state index in [1.165, 1.54) is 0 Å². The zero-order valence-corrected chi connectivity index (χ0v) is 23.7. The van der Waals surface area contributed by atoms with Crippen molar-refractivity contribution in [1.82, 2.24) is 10.2 Å². The summed E-state index contributed by atoms with van der Waals surface area (Å²) in [5, 5.41) is 3.08. The first-order valence-electron chi connectivity index (χ1n) is 13.5. The Balaban J connectivity index is 1.61. The van der Waals surface area contributed by atoms with E-state index in [-0.39, 0.29) is 24.8 Å². The van der Waals surface area contributed by atoms with Crippen molar-refractivity contribution in [2.45, 2.75) is 25.4 Å². The molecule has 0 aliphatic carbocycles. The van der Waals surface area contributed by atoms with Crippen molar-refractivity contribution < 1.29 is 23.8 Å². The molecule has 4 rings (SSSR count). The van der Waals surface area contributed by atoms with Crippen LogP contribution in [-0.2, 0) is 29.0 Å². The number of methoxy groups -OCH3 is 3. The van der Waals surface area contributed by atoms with Crippen LogP contribution in [-0.4, -0.2) is 44.6 Å². The zero-order chi connectivity index (χ0) is 29.0. The third kappa shape index (κ3) is 7.88. The van der Waals surface area contributed by atoms with Crippen LogP contribution < -0.4 is 19.5 Å². The van der Waals surface area contributed by atoms with E-state index in [2.05, 4.69) is 5.32 Å². The van der Waals surface area contributed by atoms with Crippen molar-refractivity contribution in [1.29, 1.82) is 0 Å². The molecular weight excluding hydrogens is 516 g/mol. The highest BCUT2D eigenvalue weighted by Crippen LogP contribution is 2.29. The van der Waals surface area contributed by atoms with Crippen molar-refractivity contribution in [2.24, 2.45) is 0 Å². The number of ether oxygens (including phenoxy) is 3. The van der Waals surface area contributed by atoms with Gasteiger partial charge in [0.15, 0.2) is 11.5 Å². The lowest BCUT2D eigenvalue weighted by molar-refractivity contribution is -0.141. The molecule has 4 aromatic rings. The van der Waals surface area contributed by atoms with E-state index in [4.69, 9.17) is 14.2 Å². The van der Waals surface area contributed by atoms with Gasteiger partial charge in [-0.15, -0.1) is 0 Å². The molecule has 0 aliphatic rings. The lowest BCUT2D eigenvalue weighted by Crippen LogP contribution is -2.44. The molecule has 0 unspecified atom stereocenters. The SMILES string of the molecule is COc1ccc(CCNC(=O)[C@H](c2ccccc2)N(Cc2ccccc2)C(=O)Cc2ccc(OC)c(OC)c2)cc1. The van der Waals surface area contributed by atoms with E-state index < -0.39 is 6.04 Å². The lowest BCUT2D eigenvalue weighted by Gasteiger charge is -2.32. The summed E-state index contributed by atoms with van der Waals surface area (Å²) in [6.45, 7) is 0.704. The monoisotopic (exact) mass is 552 g/mol. The number of rotatable bonds is 13. The summed E-state index contributed by atoms with van der Waals surface area (Å²) < 4.78 is 16.0.